The van der Waals surface area contributed by atoms with Gasteiger partial charge in [0.05, 0.1) is 5.56 Å². The number of nitrogens with one attached hydrogen (secondary N) is 1. The maximum atomic E-state index is 12.2. The first kappa shape index (κ1) is 14.1. The van der Waals surface area contributed by atoms with E-state index in [0.29, 0.717) is 11.3 Å². The molecule has 3 rings (SSSR count). The molecule has 1 N–H and O–H groups in total. The van der Waals surface area contributed by atoms with Gasteiger partial charge in [-0.2, -0.15) is 0 Å². The van der Waals surface area contributed by atoms with Crippen LogP contribution in [-0.4, -0.2) is 5.91 Å². The molecule has 0 spiro atoms. The van der Waals surface area contributed by atoms with E-state index in [9.17, 15) is 4.79 Å². The van der Waals surface area contributed by atoms with E-state index in [0.717, 1.165) is 17.7 Å². The second-order valence-corrected chi connectivity index (χ2v) is 5.07. The smallest absolute Gasteiger partial charge is 0.258 e. The maximum absolute atomic E-state index is 12.2. The largest absolute Gasteiger partial charge is 0.464 e. The van der Waals surface area contributed by atoms with Gasteiger partial charge in [0.15, 0.2) is 0 Å². The SMILES string of the molecule is CCc1ccc(NC(=O)c2coc(-c3ccccc3)c2)cc1. The molecule has 3 nitrogen and oxygen atoms in total. The van der Waals surface area contributed by atoms with Crippen LogP contribution >= 0.6 is 0 Å². The van der Waals surface area contributed by atoms with Crippen LogP contribution in [0.1, 0.15) is 22.8 Å². The molecule has 0 radical (unpaired) electrons. The zero-order valence-electron chi connectivity index (χ0n) is 12.4. The molecule has 3 aromatic rings. The van der Waals surface area contributed by atoms with E-state index in [1.165, 1.54) is 11.8 Å². The van der Waals surface area contributed by atoms with Gasteiger partial charge in [0.25, 0.3) is 5.91 Å². The van der Waals surface area contributed by atoms with Gasteiger partial charge in [0.2, 0.25) is 0 Å². The van der Waals surface area contributed by atoms with E-state index >= 15 is 0 Å². The summed E-state index contributed by atoms with van der Waals surface area (Å²) >= 11 is 0. The van der Waals surface area contributed by atoms with Gasteiger partial charge in [-0.25, -0.2) is 0 Å². The summed E-state index contributed by atoms with van der Waals surface area (Å²) in [5, 5.41) is 2.88. The van der Waals surface area contributed by atoms with Gasteiger partial charge in [0, 0.05) is 11.3 Å². The molecule has 0 unspecified atom stereocenters. The molecule has 0 aliphatic carbocycles. The zero-order chi connectivity index (χ0) is 15.4. The normalized spacial score (nSPS) is 10.4. The van der Waals surface area contributed by atoms with Crippen LogP contribution in [0.2, 0.25) is 0 Å². The van der Waals surface area contributed by atoms with Crippen LogP contribution in [-0.2, 0) is 6.42 Å². The lowest BCUT2D eigenvalue weighted by Crippen LogP contribution is -2.10. The third-order valence-electron chi connectivity index (χ3n) is 3.54. The minimum atomic E-state index is -0.171. The molecule has 0 bridgehead atoms. The van der Waals surface area contributed by atoms with Crippen molar-refractivity contribution in [2.75, 3.05) is 5.32 Å². The Kier molecular flexibility index (Phi) is 4.05. The molecule has 0 fully saturated rings. The minimum Gasteiger partial charge on any atom is -0.464 e. The van der Waals surface area contributed by atoms with E-state index in [4.69, 9.17) is 4.42 Å². The first-order valence-electron chi connectivity index (χ1n) is 7.30. The highest BCUT2D eigenvalue weighted by molar-refractivity contribution is 6.04. The molecule has 0 saturated heterocycles. The van der Waals surface area contributed by atoms with Crippen LogP contribution < -0.4 is 5.32 Å². The number of furan rings is 1. The Balaban J connectivity index is 1.74. The molecule has 0 atom stereocenters. The van der Waals surface area contributed by atoms with Crippen molar-refractivity contribution < 1.29 is 9.21 Å². The van der Waals surface area contributed by atoms with Gasteiger partial charge >= 0.3 is 0 Å². The molecular weight excluding hydrogens is 274 g/mol. The Labute approximate surface area is 129 Å². The van der Waals surface area contributed by atoms with Crippen molar-refractivity contribution in [3.05, 3.63) is 78.1 Å². The molecule has 22 heavy (non-hydrogen) atoms. The fourth-order valence-electron chi connectivity index (χ4n) is 2.24. The summed E-state index contributed by atoms with van der Waals surface area (Å²) in [7, 11) is 0. The number of rotatable bonds is 4. The predicted octanol–water partition coefficient (Wildman–Crippen LogP) is 4.76. The highest BCUT2D eigenvalue weighted by atomic mass is 16.3. The summed E-state index contributed by atoms with van der Waals surface area (Å²) in [6, 6.07) is 19.3. The van der Waals surface area contributed by atoms with Crippen molar-refractivity contribution in [3.8, 4) is 11.3 Å². The Morgan fingerprint density at radius 1 is 1.05 bits per heavy atom. The number of amides is 1. The van der Waals surface area contributed by atoms with Gasteiger partial charge in [-0.1, -0.05) is 49.4 Å². The number of aryl methyl sites for hydroxylation is 1. The number of carbonyl (C=O) groups excluding carboxylic acids is 1. The van der Waals surface area contributed by atoms with Crippen LogP contribution in [0.5, 0.6) is 0 Å². The lowest BCUT2D eigenvalue weighted by Gasteiger charge is -2.04. The number of carbonyl (C=O) groups is 1. The third kappa shape index (κ3) is 3.09. The summed E-state index contributed by atoms with van der Waals surface area (Å²) in [6.45, 7) is 2.10. The van der Waals surface area contributed by atoms with E-state index in [1.807, 2.05) is 54.6 Å². The monoisotopic (exact) mass is 291 g/mol. The van der Waals surface area contributed by atoms with Crippen LogP contribution in [0.3, 0.4) is 0 Å². The molecule has 0 aliphatic rings. The van der Waals surface area contributed by atoms with Crippen LogP contribution in [0.25, 0.3) is 11.3 Å². The molecule has 110 valence electrons. The average molecular weight is 291 g/mol. The van der Waals surface area contributed by atoms with E-state index < -0.39 is 0 Å². The van der Waals surface area contributed by atoms with Crippen molar-refractivity contribution >= 4 is 11.6 Å². The average Bonchev–Trinajstić information content (AvgIpc) is 3.06. The van der Waals surface area contributed by atoms with Gasteiger partial charge in [-0.15, -0.1) is 0 Å². The van der Waals surface area contributed by atoms with E-state index in [2.05, 4.69) is 12.2 Å². The van der Waals surface area contributed by atoms with Crippen LogP contribution in [0.15, 0.2) is 71.3 Å². The van der Waals surface area contributed by atoms with E-state index in [1.54, 1.807) is 6.07 Å². The Hall–Kier alpha value is -2.81. The topological polar surface area (TPSA) is 42.2 Å². The zero-order valence-corrected chi connectivity index (χ0v) is 12.4. The van der Waals surface area contributed by atoms with Crippen LogP contribution in [0.4, 0.5) is 5.69 Å². The Morgan fingerprint density at radius 3 is 2.45 bits per heavy atom. The minimum absolute atomic E-state index is 0.171. The standard InChI is InChI=1S/C19H17NO2/c1-2-14-8-10-17(11-9-14)20-19(21)16-12-18(22-13-16)15-6-4-3-5-7-15/h3-13H,2H2,1H3,(H,20,21). The van der Waals surface area contributed by atoms with Crippen molar-refractivity contribution in [1.29, 1.82) is 0 Å². The van der Waals surface area contributed by atoms with Crippen LogP contribution in [0, 0.1) is 0 Å². The number of benzene rings is 2. The molecule has 1 amide bonds. The number of hydrogen-bond acceptors (Lipinski definition) is 2. The summed E-state index contributed by atoms with van der Waals surface area (Å²) in [4.78, 5) is 12.2. The quantitative estimate of drug-likeness (QED) is 0.753. The molecular formula is C19H17NO2. The van der Waals surface area contributed by atoms with Crippen molar-refractivity contribution in [2.45, 2.75) is 13.3 Å². The van der Waals surface area contributed by atoms with E-state index in [-0.39, 0.29) is 5.91 Å². The lowest BCUT2D eigenvalue weighted by atomic mass is 10.1. The van der Waals surface area contributed by atoms with Crippen molar-refractivity contribution in [1.82, 2.24) is 0 Å². The highest BCUT2D eigenvalue weighted by Crippen LogP contribution is 2.22. The summed E-state index contributed by atoms with van der Waals surface area (Å²) < 4.78 is 5.49. The Bertz CT molecular complexity index is 758. The van der Waals surface area contributed by atoms with Gasteiger partial charge in [0.1, 0.15) is 12.0 Å². The fourth-order valence-corrected chi connectivity index (χ4v) is 2.24. The third-order valence-corrected chi connectivity index (χ3v) is 3.54. The number of hydrogen-bond donors (Lipinski definition) is 1. The summed E-state index contributed by atoms with van der Waals surface area (Å²) in [6.07, 6.45) is 2.47. The molecule has 0 aliphatic heterocycles. The molecule has 1 heterocycles. The predicted molar refractivity (Wildman–Crippen MR) is 87.9 cm³/mol. The molecule has 2 aromatic carbocycles. The molecule has 0 saturated carbocycles. The first-order chi connectivity index (χ1) is 10.8. The molecule has 1 aromatic heterocycles. The summed E-state index contributed by atoms with van der Waals surface area (Å²) in [5.41, 5.74) is 3.49. The van der Waals surface area contributed by atoms with Gasteiger partial charge in [-0.3, -0.25) is 4.79 Å². The second-order valence-electron chi connectivity index (χ2n) is 5.07. The van der Waals surface area contributed by atoms with Gasteiger partial charge in [-0.05, 0) is 30.2 Å². The van der Waals surface area contributed by atoms with Gasteiger partial charge < -0.3 is 9.73 Å². The number of anilines is 1. The summed E-state index contributed by atoms with van der Waals surface area (Å²) in [5.74, 6) is 0.516. The fraction of sp³-hybridized carbons (Fsp3) is 0.105. The van der Waals surface area contributed by atoms with Crippen molar-refractivity contribution in [2.24, 2.45) is 0 Å². The maximum Gasteiger partial charge on any atom is 0.258 e. The molecule has 3 heteroatoms. The lowest BCUT2D eigenvalue weighted by molar-refractivity contribution is 0.102. The Morgan fingerprint density at radius 2 is 1.77 bits per heavy atom. The first-order valence-corrected chi connectivity index (χ1v) is 7.30. The highest BCUT2D eigenvalue weighted by Gasteiger charge is 2.11. The van der Waals surface area contributed by atoms with Crippen molar-refractivity contribution in [3.63, 3.8) is 0 Å². The second kappa shape index (κ2) is 6.31.